The summed E-state index contributed by atoms with van der Waals surface area (Å²) in [6.07, 6.45) is 4.30. The van der Waals surface area contributed by atoms with Crippen molar-refractivity contribution in [1.29, 1.82) is 0 Å². The van der Waals surface area contributed by atoms with Crippen LogP contribution >= 0.6 is 23.2 Å². The Kier molecular flexibility index (Phi) is 10.6. The summed E-state index contributed by atoms with van der Waals surface area (Å²) in [5, 5.41) is 3.58. The van der Waals surface area contributed by atoms with E-state index in [1.807, 2.05) is 45.0 Å². The van der Waals surface area contributed by atoms with Crippen LogP contribution in [0.4, 0.5) is 5.69 Å². The molecule has 10 heteroatoms. The average Bonchev–Trinajstić information content (AvgIpc) is 3.44. The maximum Gasteiger partial charge on any atom is 0.264 e. The third-order valence-electron chi connectivity index (χ3n) is 7.55. The average molecular weight is 631 g/mol. The van der Waals surface area contributed by atoms with E-state index in [0.717, 1.165) is 46.7 Å². The summed E-state index contributed by atoms with van der Waals surface area (Å²) < 4.78 is 29.1. The lowest BCUT2D eigenvalue weighted by molar-refractivity contribution is -0.140. The van der Waals surface area contributed by atoms with Gasteiger partial charge in [-0.1, -0.05) is 90.5 Å². The maximum absolute atomic E-state index is 14.2. The number of aryl methyl sites for hydroxylation is 2. The monoisotopic (exact) mass is 629 g/mol. The van der Waals surface area contributed by atoms with E-state index in [2.05, 4.69) is 5.32 Å². The summed E-state index contributed by atoms with van der Waals surface area (Å²) in [6.45, 7) is 5.27. The fourth-order valence-corrected chi connectivity index (χ4v) is 7.26. The van der Waals surface area contributed by atoms with Crippen LogP contribution in [0, 0.1) is 13.8 Å². The van der Waals surface area contributed by atoms with Gasteiger partial charge in [0.2, 0.25) is 11.8 Å². The third kappa shape index (κ3) is 7.85. The van der Waals surface area contributed by atoms with Gasteiger partial charge in [-0.05, 0) is 69.0 Å². The maximum atomic E-state index is 14.2. The van der Waals surface area contributed by atoms with E-state index in [4.69, 9.17) is 23.2 Å². The van der Waals surface area contributed by atoms with Gasteiger partial charge in [-0.25, -0.2) is 8.42 Å². The Morgan fingerprint density at radius 3 is 2.17 bits per heavy atom. The summed E-state index contributed by atoms with van der Waals surface area (Å²) in [4.78, 5) is 29.3. The Bertz CT molecular complexity index is 1500. The topological polar surface area (TPSA) is 86.8 Å². The molecule has 3 aromatic carbocycles. The molecule has 0 heterocycles. The van der Waals surface area contributed by atoms with Crippen molar-refractivity contribution in [2.45, 2.75) is 76.4 Å². The van der Waals surface area contributed by atoms with Crippen LogP contribution in [-0.4, -0.2) is 43.8 Å². The number of halogens is 2. The van der Waals surface area contributed by atoms with Gasteiger partial charge in [0.05, 0.1) is 10.6 Å². The van der Waals surface area contributed by atoms with Crippen molar-refractivity contribution >= 4 is 50.7 Å². The van der Waals surface area contributed by atoms with Gasteiger partial charge in [-0.15, -0.1) is 0 Å². The number of nitrogens with one attached hydrogen (secondary N) is 1. The zero-order valence-corrected chi connectivity index (χ0v) is 26.5. The number of carbonyl (C=O) groups is 2. The Morgan fingerprint density at radius 1 is 0.929 bits per heavy atom. The molecule has 1 aliphatic carbocycles. The van der Waals surface area contributed by atoms with Crippen LogP contribution in [0.15, 0.2) is 71.6 Å². The Balaban J connectivity index is 1.74. The summed E-state index contributed by atoms with van der Waals surface area (Å²) in [5.74, 6) is -0.749. The van der Waals surface area contributed by atoms with Gasteiger partial charge in [0.15, 0.2) is 0 Å². The van der Waals surface area contributed by atoms with E-state index < -0.39 is 28.5 Å². The lowest BCUT2D eigenvalue weighted by atomic mass is 10.1. The molecule has 1 N–H and O–H groups in total. The lowest BCUT2D eigenvalue weighted by Crippen LogP contribution is -2.53. The smallest absolute Gasteiger partial charge is 0.264 e. The lowest BCUT2D eigenvalue weighted by Gasteiger charge is -2.34. The van der Waals surface area contributed by atoms with Gasteiger partial charge < -0.3 is 10.2 Å². The van der Waals surface area contributed by atoms with E-state index in [1.165, 1.54) is 35.2 Å². The van der Waals surface area contributed by atoms with Crippen LogP contribution < -0.4 is 9.62 Å². The highest BCUT2D eigenvalue weighted by Gasteiger charge is 2.34. The Labute approximate surface area is 258 Å². The number of rotatable bonds is 11. The zero-order chi connectivity index (χ0) is 30.4. The van der Waals surface area contributed by atoms with Gasteiger partial charge in [-0.2, -0.15) is 0 Å². The molecule has 0 bridgehead atoms. The molecule has 224 valence electrons. The molecule has 1 atom stereocenters. The Hall–Kier alpha value is -3.07. The van der Waals surface area contributed by atoms with E-state index in [-0.39, 0.29) is 39.1 Å². The van der Waals surface area contributed by atoms with Crippen molar-refractivity contribution in [2.75, 3.05) is 10.8 Å². The van der Waals surface area contributed by atoms with Crippen LogP contribution in [0.1, 0.15) is 55.7 Å². The molecule has 0 unspecified atom stereocenters. The molecular formula is C32H37Cl2N3O4S. The summed E-state index contributed by atoms with van der Waals surface area (Å²) in [7, 11) is -4.22. The first-order valence-electron chi connectivity index (χ1n) is 14.2. The number of amides is 2. The molecule has 7 nitrogen and oxygen atoms in total. The number of benzene rings is 3. The normalized spacial score (nSPS) is 14.4. The van der Waals surface area contributed by atoms with Gasteiger partial charge in [0, 0.05) is 22.6 Å². The van der Waals surface area contributed by atoms with Crippen molar-refractivity contribution < 1.29 is 18.0 Å². The molecule has 0 spiro atoms. The fraction of sp³-hybridized carbons (Fsp3) is 0.375. The molecule has 1 saturated carbocycles. The van der Waals surface area contributed by atoms with Crippen molar-refractivity contribution in [3.8, 4) is 0 Å². The van der Waals surface area contributed by atoms with Crippen LogP contribution in [0.2, 0.25) is 10.0 Å². The van der Waals surface area contributed by atoms with Crippen LogP contribution in [-0.2, 0) is 26.2 Å². The van der Waals surface area contributed by atoms with E-state index in [1.54, 1.807) is 12.1 Å². The van der Waals surface area contributed by atoms with Crippen LogP contribution in [0.5, 0.6) is 0 Å². The van der Waals surface area contributed by atoms with Crippen molar-refractivity contribution in [2.24, 2.45) is 0 Å². The summed E-state index contributed by atoms with van der Waals surface area (Å²) in [6, 6.07) is 17.8. The van der Waals surface area contributed by atoms with Gasteiger partial charge in [-0.3, -0.25) is 13.9 Å². The third-order valence-corrected chi connectivity index (χ3v) is 9.77. The predicted molar refractivity (Wildman–Crippen MR) is 168 cm³/mol. The quantitative estimate of drug-likeness (QED) is 0.256. The van der Waals surface area contributed by atoms with Gasteiger partial charge in [0.25, 0.3) is 10.0 Å². The molecule has 0 saturated heterocycles. The standard InChI is InChI=1S/C32H37Cl2N3O4S/c1-4-30(32(39)35-27-10-5-6-11-27)36(20-24-9-7-8-23(3)16-24)31(38)21-37(28-18-25(33)17-26(34)19-28)42(40,41)29-14-12-22(2)13-15-29/h7-9,12-19,27,30H,4-6,10-11,20-21H2,1-3H3,(H,35,39)/t30-/m1/s1. The SMILES string of the molecule is CC[C@H](C(=O)NC1CCCC1)N(Cc1cccc(C)c1)C(=O)CN(c1cc(Cl)cc(Cl)c1)S(=O)(=O)c1ccc(C)cc1. The van der Waals surface area contributed by atoms with Gasteiger partial charge >= 0.3 is 0 Å². The minimum atomic E-state index is -4.22. The number of hydrogen-bond donors (Lipinski definition) is 1. The first kappa shape index (κ1) is 31.9. The largest absolute Gasteiger partial charge is 0.352 e. The first-order valence-corrected chi connectivity index (χ1v) is 16.4. The minimum Gasteiger partial charge on any atom is -0.352 e. The zero-order valence-electron chi connectivity index (χ0n) is 24.1. The predicted octanol–water partition coefficient (Wildman–Crippen LogP) is 6.67. The molecule has 1 aliphatic rings. The second-order valence-electron chi connectivity index (χ2n) is 10.9. The van der Waals surface area contributed by atoms with Crippen molar-refractivity contribution in [3.05, 3.63) is 93.5 Å². The number of carbonyl (C=O) groups excluding carboxylic acids is 2. The van der Waals surface area contributed by atoms with E-state index in [0.29, 0.717) is 6.42 Å². The summed E-state index contributed by atoms with van der Waals surface area (Å²) in [5.41, 5.74) is 2.90. The molecule has 0 aromatic heterocycles. The highest BCUT2D eigenvalue weighted by molar-refractivity contribution is 7.92. The molecule has 1 fully saturated rings. The van der Waals surface area contributed by atoms with Crippen molar-refractivity contribution in [1.82, 2.24) is 10.2 Å². The minimum absolute atomic E-state index is 0.0215. The molecule has 42 heavy (non-hydrogen) atoms. The van der Waals surface area contributed by atoms with Crippen LogP contribution in [0.25, 0.3) is 0 Å². The Morgan fingerprint density at radius 2 is 1.57 bits per heavy atom. The first-order chi connectivity index (χ1) is 20.0. The van der Waals surface area contributed by atoms with E-state index in [9.17, 15) is 18.0 Å². The molecular weight excluding hydrogens is 593 g/mol. The highest BCUT2D eigenvalue weighted by Crippen LogP contribution is 2.30. The number of sulfonamides is 1. The molecule has 0 aliphatic heterocycles. The highest BCUT2D eigenvalue weighted by atomic mass is 35.5. The molecule has 4 rings (SSSR count). The van der Waals surface area contributed by atoms with E-state index >= 15 is 0 Å². The summed E-state index contributed by atoms with van der Waals surface area (Å²) >= 11 is 12.5. The number of nitrogens with zero attached hydrogens (tertiary/aromatic N) is 2. The second-order valence-corrected chi connectivity index (χ2v) is 13.6. The molecule has 3 aromatic rings. The van der Waals surface area contributed by atoms with Crippen LogP contribution in [0.3, 0.4) is 0 Å². The molecule has 0 radical (unpaired) electrons. The van der Waals surface area contributed by atoms with Gasteiger partial charge in [0.1, 0.15) is 12.6 Å². The molecule has 2 amide bonds. The number of hydrogen-bond acceptors (Lipinski definition) is 4. The fourth-order valence-electron chi connectivity index (χ4n) is 5.34. The number of anilines is 1. The van der Waals surface area contributed by atoms with Crippen molar-refractivity contribution in [3.63, 3.8) is 0 Å². The second kappa shape index (κ2) is 13.9.